The lowest BCUT2D eigenvalue weighted by Crippen LogP contribution is -2.34. The Balaban J connectivity index is 2.71. The fourth-order valence-electron chi connectivity index (χ4n) is 1.81. The maximum atomic E-state index is 12.3. The molecule has 118 valence electrons. The second-order valence-electron chi connectivity index (χ2n) is 5.04. The van der Waals surface area contributed by atoms with Gasteiger partial charge in [0.15, 0.2) is 9.84 Å². The summed E-state index contributed by atoms with van der Waals surface area (Å²) >= 11 is 1.75. The van der Waals surface area contributed by atoms with Crippen molar-refractivity contribution in [2.24, 2.45) is 5.73 Å². The molecule has 0 spiro atoms. The van der Waals surface area contributed by atoms with Crippen molar-refractivity contribution in [2.45, 2.75) is 17.9 Å². The molecule has 0 aliphatic heterocycles. The number of nitrogen functional groups attached to an aromatic ring is 1. The molecular weight excluding hydrogens is 306 g/mol. The number of sulfone groups is 1. The molecule has 5 nitrogen and oxygen atoms in total. The predicted octanol–water partition coefficient (Wildman–Crippen LogP) is 1.43. The number of nitrogens with one attached hydrogen (secondary N) is 1. The van der Waals surface area contributed by atoms with Gasteiger partial charge in [0.2, 0.25) is 0 Å². The highest BCUT2D eigenvalue weighted by Crippen LogP contribution is 2.13. The number of nitrogens with zero attached hydrogens (tertiary/aromatic N) is 1. The first-order valence-corrected chi connectivity index (χ1v) is 9.69. The van der Waals surface area contributed by atoms with Crippen LogP contribution < -0.4 is 5.73 Å². The van der Waals surface area contributed by atoms with Crippen LogP contribution in [0, 0.1) is 5.41 Å². The summed E-state index contributed by atoms with van der Waals surface area (Å²) in [6, 6.07) is 6.49. The third-order valence-electron chi connectivity index (χ3n) is 3.40. The van der Waals surface area contributed by atoms with Crippen LogP contribution in [0.15, 0.2) is 29.2 Å². The molecule has 0 aromatic heterocycles. The first-order chi connectivity index (χ1) is 9.77. The Morgan fingerprint density at radius 1 is 1.38 bits per heavy atom. The highest BCUT2D eigenvalue weighted by Gasteiger charge is 2.17. The quantitative estimate of drug-likeness (QED) is 0.556. The molecule has 0 amide bonds. The number of hydrogen-bond donors (Lipinski definition) is 2. The highest BCUT2D eigenvalue weighted by molar-refractivity contribution is 7.98. The van der Waals surface area contributed by atoms with E-state index in [1.54, 1.807) is 23.9 Å². The van der Waals surface area contributed by atoms with Gasteiger partial charge in [0.25, 0.3) is 0 Å². The van der Waals surface area contributed by atoms with E-state index in [0.29, 0.717) is 18.2 Å². The summed E-state index contributed by atoms with van der Waals surface area (Å²) in [4.78, 5) is 2.33. The average Bonchev–Trinajstić information content (AvgIpc) is 2.45. The average molecular weight is 329 g/mol. The highest BCUT2D eigenvalue weighted by atomic mass is 32.2. The van der Waals surface area contributed by atoms with Crippen molar-refractivity contribution in [3.8, 4) is 0 Å². The fraction of sp³-hybridized carbons (Fsp3) is 0.500. The summed E-state index contributed by atoms with van der Waals surface area (Å²) in [5.41, 5.74) is 5.89. The monoisotopic (exact) mass is 329 g/mol. The van der Waals surface area contributed by atoms with Crippen LogP contribution in [0.4, 0.5) is 0 Å². The zero-order chi connectivity index (χ0) is 16.0. The Hall–Kier alpha value is -1.05. The standard InChI is InChI=1S/C14H23N3O2S2/c1-11(10-20-3)17(2)8-9-21(18,19)13-6-4-12(5-7-13)14(15)16/h4-7,11H,8-10H2,1-3H3,(H3,15,16). The number of thioether (sulfide) groups is 1. The Bertz CT molecular complexity index is 570. The maximum Gasteiger partial charge on any atom is 0.179 e. The fourth-order valence-corrected chi connectivity index (χ4v) is 3.86. The van der Waals surface area contributed by atoms with Crippen molar-refractivity contribution in [1.29, 1.82) is 5.41 Å². The van der Waals surface area contributed by atoms with Gasteiger partial charge in [0.05, 0.1) is 10.6 Å². The van der Waals surface area contributed by atoms with E-state index in [0.717, 1.165) is 5.75 Å². The van der Waals surface area contributed by atoms with Crippen LogP contribution in [0.1, 0.15) is 12.5 Å². The second-order valence-corrected chi connectivity index (χ2v) is 8.06. The lowest BCUT2D eigenvalue weighted by atomic mass is 10.2. The third kappa shape index (κ3) is 5.33. The van der Waals surface area contributed by atoms with Gasteiger partial charge in [-0.25, -0.2) is 8.42 Å². The van der Waals surface area contributed by atoms with Crippen molar-refractivity contribution in [3.05, 3.63) is 29.8 Å². The Labute approximate surface area is 131 Å². The van der Waals surface area contributed by atoms with E-state index in [1.807, 2.05) is 13.3 Å². The van der Waals surface area contributed by atoms with Crippen LogP contribution >= 0.6 is 11.8 Å². The van der Waals surface area contributed by atoms with Gasteiger partial charge >= 0.3 is 0 Å². The van der Waals surface area contributed by atoms with E-state index in [-0.39, 0.29) is 16.5 Å². The van der Waals surface area contributed by atoms with Gasteiger partial charge < -0.3 is 10.6 Å². The van der Waals surface area contributed by atoms with E-state index in [4.69, 9.17) is 11.1 Å². The van der Waals surface area contributed by atoms with Crippen LogP contribution in [0.2, 0.25) is 0 Å². The summed E-state index contributed by atoms with van der Waals surface area (Å²) in [6.07, 6.45) is 2.04. The van der Waals surface area contributed by atoms with Crippen LogP contribution in [-0.2, 0) is 9.84 Å². The minimum Gasteiger partial charge on any atom is -0.384 e. The van der Waals surface area contributed by atoms with Crippen LogP contribution in [0.3, 0.4) is 0 Å². The summed E-state index contributed by atoms with van der Waals surface area (Å²) in [5, 5.41) is 7.31. The smallest absolute Gasteiger partial charge is 0.179 e. The molecule has 0 saturated heterocycles. The third-order valence-corrected chi connectivity index (χ3v) is 5.92. The number of hydrogen-bond acceptors (Lipinski definition) is 5. The van der Waals surface area contributed by atoms with E-state index in [1.165, 1.54) is 12.1 Å². The van der Waals surface area contributed by atoms with E-state index in [9.17, 15) is 8.42 Å². The summed E-state index contributed by atoms with van der Waals surface area (Å²) < 4.78 is 24.6. The molecule has 0 fully saturated rings. The van der Waals surface area contributed by atoms with Crippen LogP contribution in [-0.4, -0.2) is 56.5 Å². The molecule has 0 aliphatic rings. The van der Waals surface area contributed by atoms with Gasteiger partial charge in [-0.3, -0.25) is 5.41 Å². The first kappa shape index (κ1) is 18.0. The topological polar surface area (TPSA) is 87.2 Å². The second kappa shape index (κ2) is 7.82. The molecule has 1 rings (SSSR count). The zero-order valence-corrected chi connectivity index (χ0v) is 14.3. The molecule has 0 aliphatic carbocycles. The van der Waals surface area contributed by atoms with Crippen molar-refractivity contribution in [1.82, 2.24) is 4.90 Å². The molecule has 3 N–H and O–H groups in total. The molecule has 1 aromatic carbocycles. The van der Waals surface area contributed by atoms with Crippen molar-refractivity contribution in [3.63, 3.8) is 0 Å². The number of nitrogens with two attached hydrogens (primary N) is 1. The molecule has 21 heavy (non-hydrogen) atoms. The summed E-state index contributed by atoms with van der Waals surface area (Å²) in [6.45, 7) is 2.59. The predicted molar refractivity (Wildman–Crippen MR) is 90.0 cm³/mol. The Morgan fingerprint density at radius 2 is 1.95 bits per heavy atom. The zero-order valence-electron chi connectivity index (χ0n) is 12.7. The lowest BCUT2D eigenvalue weighted by molar-refractivity contribution is 0.294. The van der Waals surface area contributed by atoms with Crippen molar-refractivity contribution < 1.29 is 8.42 Å². The van der Waals surface area contributed by atoms with E-state index >= 15 is 0 Å². The van der Waals surface area contributed by atoms with Gasteiger partial charge in [-0.15, -0.1) is 0 Å². The van der Waals surface area contributed by atoms with Gasteiger partial charge in [-0.1, -0.05) is 12.1 Å². The normalized spacial score (nSPS) is 13.3. The summed E-state index contributed by atoms with van der Waals surface area (Å²) in [7, 11) is -1.37. The molecule has 0 heterocycles. The minimum absolute atomic E-state index is 0.0652. The first-order valence-electron chi connectivity index (χ1n) is 6.64. The van der Waals surface area contributed by atoms with E-state index in [2.05, 4.69) is 11.8 Å². The molecule has 1 atom stereocenters. The van der Waals surface area contributed by atoms with Crippen molar-refractivity contribution >= 4 is 27.4 Å². The molecule has 0 radical (unpaired) electrons. The molecular formula is C14H23N3O2S2. The summed E-state index contributed by atoms with van der Waals surface area (Å²) in [5.74, 6) is 0.996. The molecule has 1 unspecified atom stereocenters. The van der Waals surface area contributed by atoms with Crippen molar-refractivity contribution in [2.75, 3.05) is 31.4 Å². The number of amidine groups is 1. The molecule has 0 saturated carbocycles. The van der Waals surface area contributed by atoms with Gasteiger partial charge in [0, 0.05) is 23.9 Å². The number of rotatable bonds is 8. The van der Waals surface area contributed by atoms with Crippen LogP contribution in [0.25, 0.3) is 0 Å². The lowest BCUT2D eigenvalue weighted by Gasteiger charge is -2.23. The molecule has 1 aromatic rings. The molecule has 0 bridgehead atoms. The van der Waals surface area contributed by atoms with E-state index < -0.39 is 9.84 Å². The SMILES string of the molecule is CSCC(C)N(C)CCS(=O)(=O)c1ccc(C(=N)N)cc1. The molecule has 7 heteroatoms. The van der Waals surface area contributed by atoms with Crippen LogP contribution in [0.5, 0.6) is 0 Å². The maximum absolute atomic E-state index is 12.3. The Kier molecular flexibility index (Phi) is 6.70. The van der Waals surface area contributed by atoms with Gasteiger partial charge in [-0.05, 0) is 32.4 Å². The van der Waals surface area contributed by atoms with Gasteiger partial charge in [0.1, 0.15) is 5.84 Å². The minimum atomic E-state index is -3.31. The largest absolute Gasteiger partial charge is 0.384 e. The number of benzene rings is 1. The Morgan fingerprint density at radius 3 is 2.43 bits per heavy atom. The van der Waals surface area contributed by atoms with Gasteiger partial charge in [-0.2, -0.15) is 11.8 Å².